The number of rotatable bonds is 5. The van der Waals surface area contributed by atoms with E-state index in [4.69, 9.17) is 21.1 Å². The van der Waals surface area contributed by atoms with Gasteiger partial charge < -0.3 is 18.9 Å². The predicted molar refractivity (Wildman–Crippen MR) is 157 cm³/mol. The van der Waals surface area contributed by atoms with Crippen LogP contribution in [0, 0.1) is 6.92 Å². The average Bonchev–Trinajstić information content (AvgIpc) is 3.32. The van der Waals surface area contributed by atoms with Crippen molar-refractivity contribution in [1.29, 1.82) is 0 Å². The molecule has 0 fully saturated rings. The number of anilines is 2. The summed E-state index contributed by atoms with van der Waals surface area (Å²) in [6, 6.07) is 9.04. The zero-order chi connectivity index (χ0) is 29.5. The zero-order valence-corrected chi connectivity index (χ0v) is 24.2. The summed E-state index contributed by atoms with van der Waals surface area (Å²) in [6.07, 6.45) is 4.16. The van der Waals surface area contributed by atoms with Gasteiger partial charge in [0.25, 0.3) is 0 Å². The summed E-state index contributed by atoms with van der Waals surface area (Å²) in [5, 5.41) is 3.27. The predicted octanol–water partition coefficient (Wildman–Crippen LogP) is 5.79. The van der Waals surface area contributed by atoms with E-state index in [-0.39, 0.29) is 17.6 Å². The summed E-state index contributed by atoms with van der Waals surface area (Å²) < 4.78 is 12.2. The van der Waals surface area contributed by atoms with Crippen LogP contribution < -0.4 is 15.6 Å². The minimum absolute atomic E-state index is 0.116. The Balaban J connectivity index is 1.63. The van der Waals surface area contributed by atoms with Crippen LogP contribution in [0.4, 0.5) is 16.3 Å². The van der Waals surface area contributed by atoms with Crippen molar-refractivity contribution in [1.82, 2.24) is 14.5 Å². The molecule has 0 saturated heterocycles. The molecular formula is C30H30ClN5O5. The Morgan fingerprint density at radius 3 is 2.59 bits per heavy atom. The third-order valence-electron chi connectivity index (χ3n) is 6.57. The number of halogens is 1. The zero-order valence-electron chi connectivity index (χ0n) is 23.4. The fourth-order valence-electron chi connectivity index (χ4n) is 4.78. The van der Waals surface area contributed by atoms with Crippen LogP contribution in [0.5, 0.6) is 0 Å². The number of nitrogens with zero attached hydrogens (tertiary/aromatic N) is 4. The van der Waals surface area contributed by atoms with Gasteiger partial charge in [-0.2, -0.15) is 0 Å². The number of amides is 1. The number of esters is 1. The van der Waals surface area contributed by atoms with E-state index >= 15 is 0 Å². The molecule has 4 aromatic rings. The smallest absolute Gasteiger partial charge is 0.413 e. The highest BCUT2D eigenvalue weighted by Crippen LogP contribution is 2.36. The molecule has 0 spiro atoms. The maximum absolute atomic E-state index is 13.5. The van der Waals surface area contributed by atoms with Crippen LogP contribution in [0.15, 0.2) is 53.7 Å². The molecule has 0 unspecified atom stereocenters. The van der Waals surface area contributed by atoms with Crippen molar-refractivity contribution >= 4 is 46.1 Å². The quantitative estimate of drug-likeness (QED) is 0.297. The maximum Gasteiger partial charge on any atom is 0.413 e. The van der Waals surface area contributed by atoms with E-state index in [0.29, 0.717) is 35.1 Å². The van der Waals surface area contributed by atoms with Gasteiger partial charge in [0.05, 0.1) is 47.0 Å². The van der Waals surface area contributed by atoms with Crippen LogP contribution in [0.3, 0.4) is 0 Å². The van der Waals surface area contributed by atoms with Crippen molar-refractivity contribution in [3.8, 4) is 5.69 Å². The lowest BCUT2D eigenvalue weighted by Gasteiger charge is -2.22. The second-order valence-corrected chi connectivity index (χ2v) is 11.1. The fraction of sp³-hybridized carbons (Fsp3) is 0.300. The Kier molecular flexibility index (Phi) is 7.44. The summed E-state index contributed by atoms with van der Waals surface area (Å²) in [5.74, 6) is -0.439. The first-order valence-electron chi connectivity index (χ1n) is 13.2. The Bertz CT molecular complexity index is 1720. The van der Waals surface area contributed by atoms with Crippen LogP contribution >= 0.6 is 11.6 Å². The highest BCUT2D eigenvalue weighted by molar-refractivity contribution is 6.34. The van der Waals surface area contributed by atoms with Gasteiger partial charge in [-0.15, -0.1) is 0 Å². The number of carbonyl (C=O) groups is 2. The van der Waals surface area contributed by atoms with E-state index in [9.17, 15) is 14.4 Å². The molecule has 0 saturated carbocycles. The Morgan fingerprint density at radius 2 is 1.90 bits per heavy atom. The Hall–Kier alpha value is -4.44. The lowest BCUT2D eigenvalue weighted by Crippen LogP contribution is -2.27. The Labute approximate surface area is 241 Å². The standard InChI is InChI=1S/C30H30ClN5O5/c1-6-40-28(38)20-15-36(25-13-33-26(10-17(25)2)34-29(39)41-30(3,4)5)23-12-24(21(31)11-19(23)27(20)37)35-14-18-8-7-9-32-22(18)16-35/h7-13,15H,6,14,16H2,1-5H3,(H,33,34,39). The molecule has 1 N–H and O–H groups in total. The van der Waals surface area contributed by atoms with Gasteiger partial charge in [0.1, 0.15) is 17.0 Å². The van der Waals surface area contributed by atoms with Crippen LogP contribution in [0.1, 0.15) is 54.9 Å². The molecule has 1 amide bonds. The molecule has 3 aromatic heterocycles. The molecule has 0 bridgehead atoms. The number of nitrogens with one attached hydrogen (secondary N) is 1. The Morgan fingerprint density at radius 1 is 1.12 bits per heavy atom. The van der Waals surface area contributed by atoms with E-state index < -0.39 is 23.1 Å². The monoisotopic (exact) mass is 575 g/mol. The number of aromatic nitrogens is 3. The van der Waals surface area contributed by atoms with E-state index in [1.165, 1.54) is 6.20 Å². The van der Waals surface area contributed by atoms with Crippen molar-refractivity contribution in [3.63, 3.8) is 0 Å². The first-order valence-corrected chi connectivity index (χ1v) is 13.5. The van der Waals surface area contributed by atoms with Crippen molar-refractivity contribution in [2.24, 2.45) is 0 Å². The number of hydrogen-bond acceptors (Lipinski definition) is 8. The topological polar surface area (TPSA) is 116 Å². The molecule has 0 atom stereocenters. The molecule has 5 rings (SSSR count). The van der Waals surface area contributed by atoms with Gasteiger partial charge in [-0.3, -0.25) is 15.1 Å². The van der Waals surface area contributed by atoms with Crippen molar-refractivity contribution in [2.75, 3.05) is 16.8 Å². The highest BCUT2D eigenvalue weighted by atomic mass is 35.5. The number of carbonyl (C=O) groups excluding carboxylic acids is 2. The normalized spacial score (nSPS) is 12.8. The van der Waals surface area contributed by atoms with Crippen LogP contribution in [0.25, 0.3) is 16.6 Å². The largest absolute Gasteiger partial charge is 0.462 e. The maximum atomic E-state index is 13.5. The minimum atomic E-state index is -0.733. The molecular weight excluding hydrogens is 546 g/mol. The SMILES string of the molecule is CCOC(=O)c1cn(-c2cnc(NC(=O)OC(C)(C)C)cc2C)c2cc(N3Cc4cccnc4C3)c(Cl)cc2c1=O. The summed E-state index contributed by atoms with van der Waals surface area (Å²) in [5.41, 5.74) is 3.36. The van der Waals surface area contributed by atoms with Gasteiger partial charge in [0.15, 0.2) is 0 Å². The average molecular weight is 576 g/mol. The van der Waals surface area contributed by atoms with E-state index in [1.807, 2.05) is 25.1 Å². The lowest BCUT2D eigenvalue weighted by atomic mass is 10.1. The number of fused-ring (bicyclic) bond motifs is 2. The summed E-state index contributed by atoms with van der Waals surface area (Å²) in [7, 11) is 0. The first kappa shape index (κ1) is 28.1. The number of pyridine rings is 3. The number of hydrogen-bond donors (Lipinski definition) is 1. The summed E-state index contributed by atoms with van der Waals surface area (Å²) in [6.45, 7) is 10.1. The van der Waals surface area contributed by atoms with Crippen LogP contribution in [-0.4, -0.2) is 38.8 Å². The van der Waals surface area contributed by atoms with Crippen LogP contribution in [0.2, 0.25) is 5.02 Å². The molecule has 0 aliphatic carbocycles. The van der Waals surface area contributed by atoms with E-state index in [1.54, 1.807) is 56.8 Å². The molecule has 41 heavy (non-hydrogen) atoms. The fourth-order valence-corrected chi connectivity index (χ4v) is 5.06. The lowest BCUT2D eigenvalue weighted by molar-refractivity contribution is 0.0523. The van der Waals surface area contributed by atoms with Gasteiger partial charge in [-0.05, 0) is 70.0 Å². The minimum Gasteiger partial charge on any atom is -0.462 e. The molecule has 4 heterocycles. The van der Waals surface area contributed by atoms with E-state index in [0.717, 1.165) is 22.5 Å². The molecule has 10 nitrogen and oxygen atoms in total. The van der Waals surface area contributed by atoms with Gasteiger partial charge >= 0.3 is 12.1 Å². The van der Waals surface area contributed by atoms with Gasteiger partial charge in [-0.1, -0.05) is 17.7 Å². The number of benzene rings is 1. The number of ether oxygens (including phenoxy) is 2. The van der Waals surface area contributed by atoms with Crippen molar-refractivity contribution in [2.45, 2.75) is 53.3 Å². The molecule has 0 radical (unpaired) electrons. The van der Waals surface area contributed by atoms with Crippen molar-refractivity contribution in [3.05, 3.63) is 86.6 Å². The van der Waals surface area contributed by atoms with Gasteiger partial charge in [-0.25, -0.2) is 14.6 Å². The molecule has 1 aliphatic heterocycles. The third kappa shape index (κ3) is 5.74. The molecule has 1 aliphatic rings. The van der Waals surface area contributed by atoms with E-state index in [2.05, 4.69) is 20.2 Å². The second kappa shape index (κ2) is 10.9. The number of aryl methyl sites for hydroxylation is 1. The first-order chi connectivity index (χ1) is 19.4. The van der Waals surface area contributed by atoms with Crippen LogP contribution in [-0.2, 0) is 22.6 Å². The molecule has 11 heteroatoms. The van der Waals surface area contributed by atoms with Crippen molar-refractivity contribution < 1.29 is 19.1 Å². The molecule has 1 aromatic carbocycles. The van der Waals surface area contributed by atoms with Gasteiger partial charge in [0, 0.05) is 24.3 Å². The molecule has 212 valence electrons. The second-order valence-electron chi connectivity index (χ2n) is 10.7. The summed E-state index contributed by atoms with van der Waals surface area (Å²) >= 11 is 6.74. The summed E-state index contributed by atoms with van der Waals surface area (Å²) in [4.78, 5) is 49.5. The third-order valence-corrected chi connectivity index (χ3v) is 6.87. The van der Waals surface area contributed by atoms with Gasteiger partial charge in [0.2, 0.25) is 5.43 Å². The highest BCUT2D eigenvalue weighted by Gasteiger charge is 2.25.